The van der Waals surface area contributed by atoms with Crippen LogP contribution < -0.4 is 5.32 Å². The fourth-order valence-corrected chi connectivity index (χ4v) is 3.81. The van der Waals surface area contributed by atoms with Gasteiger partial charge in [0.15, 0.2) is 0 Å². The Morgan fingerprint density at radius 3 is 3.05 bits per heavy atom. The van der Waals surface area contributed by atoms with Crippen molar-refractivity contribution in [2.24, 2.45) is 0 Å². The summed E-state index contributed by atoms with van der Waals surface area (Å²) in [5.74, 6) is 0. The minimum Gasteiger partial charge on any atom is -0.307 e. The number of likely N-dealkylation sites (N-methyl/N-ethyl adjacent to an activating group) is 1. The number of nitrogens with one attached hydrogen (secondary N) is 1. The van der Waals surface area contributed by atoms with Gasteiger partial charge in [0.05, 0.1) is 17.8 Å². The minimum absolute atomic E-state index is 0.411. The van der Waals surface area contributed by atoms with Crippen LogP contribution in [0, 0.1) is 0 Å². The van der Waals surface area contributed by atoms with Crippen LogP contribution in [0.25, 0.3) is 0 Å². The highest BCUT2D eigenvalue weighted by atomic mass is 32.1. The number of hydrogen-bond donors (Lipinski definition) is 1. The van der Waals surface area contributed by atoms with E-state index >= 15 is 0 Å². The lowest BCUT2D eigenvalue weighted by atomic mass is 10.1. The SMILES string of the molecule is CN(C)C(CNC1CCc2cccnc21)c1cccs1. The van der Waals surface area contributed by atoms with Crippen LogP contribution in [0.5, 0.6) is 0 Å². The van der Waals surface area contributed by atoms with Gasteiger partial charge in [0, 0.05) is 17.6 Å². The molecule has 1 N–H and O–H groups in total. The highest BCUT2D eigenvalue weighted by Crippen LogP contribution is 2.30. The second kappa shape index (κ2) is 6.04. The number of aromatic nitrogens is 1. The van der Waals surface area contributed by atoms with Crippen molar-refractivity contribution >= 4 is 11.3 Å². The maximum atomic E-state index is 4.55. The second-order valence-electron chi connectivity index (χ2n) is 5.54. The van der Waals surface area contributed by atoms with Gasteiger partial charge in [-0.25, -0.2) is 0 Å². The quantitative estimate of drug-likeness (QED) is 0.916. The van der Waals surface area contributed by atoms with E-state index in [-0.39, 0.29) is 0 Å². The molecule has 4 heteroatoms. The number of pyridine rings is 1. The molecule has 20 heavy (non-hydrogen) atoms. The predicted molar refractivity (Wildman–Crippen MR) is 84.0 cm³/mol. The largest absolute Gasteiger partial charge is 0.307 e. The highest BCUT2D eigenvalue weighted by Gasteiger charge is 2.24. The summed E-state index contributed by atoms with van der Waals surface area (Å²) in [6, 6.07) is 9.43. The first-order valence-corrected chi connectivity index (χ1v) is 8.00. The van der Waals surface area contributed by atoms with Gasteiger partial charge >= 0.3 is 0 Å². The van der Waals surface area contributed by atoms with Crippen LogP contribution >= 0.6 is 11.3 Å². The first kappa shape index (κ1) is 13.7. The van der Waals surface area contributed by atoms with Crippen molar-refractivity contribution in [1.29, 1.82) is 0 Å². The number of aryl methyl sites for hydroxylation is 1. The predicted octanol–water partition coefficient (Wildman–Crippen LogP) is 3.02. The molecule has 1 aliphatic carbocycles. The van der Waals surface area contributed by atoms with Crippen LogP contribution in [-0.4, -0.2) is 30.5 Å². The number of fused-ring (bicyclic) bond motifs is 1. The summed E-state index contributed by atoms with van der Waals surface area (Å²) in [7, 11) is 4.29. The highest BCUT2D eigenvalue weighted by molar-refractivity contribution is 7.10. The van der Waals surface area contributed by atoms with E-state index in [1.54, 1.807) is 0 Å². The summed E-state index contributed by atoms with van der Waals surface area (Å²) in [4.78, 5) is 8.26. The number of thiophene rings is 1. The average Bonchev–Trinajstić information content (AvgIpc) is 3.09. The van der Waals surface area contributed by atoms with Crippen molar-refractivity contribution in [2.75, 3.05) is 20.6 Å². The summed E-state index contributed by atoms with van der Waals surface area (Å²) in [6.07, 6.45) is 4.21. The smallest absolute Gasteiger partial charge is 0.0605 e. The van der Waals surface area contributed by atoms with Crippen LogP contribution in [-0.2, 0) is 6.42 Å². The molecule has 0 fully saturated rings. The first-order chi connectivity index (χ1) is 9.75. The van der Waals surface area contributed by atoms with Gasteiger partial charge in [0.1, 0.15) is 0 Å². The Kier molecular flexibility index (Phi) is 4.15. The lowest BCUT2D eigenvalue weighted by molar-refractivity contribution is 0.282. The topological polar surface area (TPSA) is 28.2 Å². The van der Waals surface area contributed by atoms with Gasteiger partial charge in [0.25, 0.3) is 0 Å². The van der Waals surface area contributed by atoms with E-state index in [1.807, 2.05) is 23.6 Å². The molecule has 2 unspecified atom stereocenters. The summed E-state index contributed by atoms with van der Waals surface area (Å²) < 4.78 is 0. The third-order valence-electron chi connectivity index (χ3n) is 4.01. The van der Waals surface area contributed by atoms with E-state index in [9.17, 15) is 0 Å². The molecular formula is C16H21N3S. The van der Waals surface area contributed by atoms with Crippen molar-refractivity contribution in [2.45, 2.75) is 24.9 Å². The van der Waals surface area contributed by atoms with Crippen molar-refractivity contribution in [1.82, 2.24) is 15.2 Å². The molecule has 106 valence electrons. The van der Waals surface area contributed by atoms with E-state index in [0.29, 0.717) is 12.1 Å². The molecule has 2 atom stereocenters. The van der Waals surface area contributed by atoms with Crippen molar-refractivity contribution in [3.8, 4) is 0 Å². The molecule has 0 bridgehead atoms. The summed E-state index contributed by atoms with van der Waals surface area (Å²) >= 11 is 1.83. The van der Waals surface area contributed by atoms with Gasteiger partial charge in [0.2, 0.25) is 0 Å². The van der Waals surface area contributed by atoms with Gasteiger partial charge in [-0.1, -0.05) is 12.1 Å². The Morgan fingerprint density at radius 2 is 2.30 bits per heavy atom. The average molecular weight is 287 g/mol. The molecule has 0 saturated heterocycles. The monoisotopic (exact) mass is 287 g/mol. The molecule has 0 aliphatic heterocycles. The Morgan fingerprint density at radius 1 is 1.40 bits per heavy atom. The summed E-state index contributed by atoms with van der Waals surface area (Å²) in [5, 5.41) is 5.86. The maximum absolute atomic E-state index is 4.55. The van der Waals surface area contributed by atoms with E-state index in [1.165, 1.54) is 16.1 Å². The molecule has 1 aliphatic rings. The van der Waals surface area contributed by atoms with Crippen LogP contribution in [0.15, 0.2) is 35.8 Å². The van der Waals surface area contributed by atoms with Crippen LogP contribution in [0.2, 0.25) is 0 Å². The molecule has 0 aromatic carbocycles. The zero-order chi connectivity index (χ0) is 13.9. The van der Waals surface area contributed by atoms with Gasteiger partial charge in [-0.15, -0.1) is 11.3 Å². The van der Waals surface area contributed by atoms with Crippen molar-refractivity contribution in [3.05, 3.63) is 52.0 Å². The summed E-state index contributed by atoms with van der Waals surface area (Å²) in [6.45, 7) is 0.966. The van der Waals surface area contributed by atoms with E-state index < -0.39 is 0 Å². The lowest BCUT2D eigenvalue weighted by Crippen LogP contribution is -2.32. The molecular weight excluding hydrogens is 266 g/mol. The number of hydrogen-bond acceptors (Lipinski definition) is 4. The third-order valence-corrected chi connectivity index (χ3v) is 4.98. The first-order valence-electron chi connectivity index (χ1n) is 7.12. The maximum Gasteiger partial charge on any atom is 0.0605 e. The Hall–Kier alpha value is -1.23. The fraction of sp³-hybridized carbons (Fsp3) is 0.438. The molecule has 2 heterocycles. The van der Waals surface area contributed by atoms with E-state index in [2.05, 4.69) is 52.9 Å². The molecule has 0 radical (unpaired) electrons. The van der Waals surface area contributed by atoms with Crippen LogP contribution in [0.1, 0.15) is 34.6 Å². The number of rotatable bonds is 5. The van der Waals surface area contributed by atoms with Gasteiger partial charge < -0.3 is 10.2 Å². The summed E-state index contributed by atoms with van der Waals surface area (Å²) in [5.41, 5.74) is 2.65. The second-order valence-corrected chi connectivity index (χ2v) is 6.52. The minimum atomic E-state index is 0.411. The number of nitrogens with zero attached hydrogens (tertiary/aromatic N) is 2. The third kappa shape index (κ3) is 2.77. The van der Waals surface area contributed by atoms with Gasteiger partial charge in [-0.2, -0.15) is 0 Å². The zero-order valence-corrected chi connectivity index (χ0v) is 12.9. The van der Waals surface area contributed by atoms with E-state index in [0.717, 1.165) is 19.4 Å². The Bertz CT molecular complexity index is 551. The van der Waals surface area contributed by atoms with Crippen LogP contribution in [0.3, 0.4) is 0 Å². The standard InChI is InChI=1S/C16H21N3S/c1-19(2)14(15-6-4-10-20-15)11-18-13-8-7-12-5-3-9-17-16(12)13/h3-6,9-10,13-14,18H,7-8,11H2,1-2H3. The van der Waals surface area contributed by atoms with Crippen LogP contribution in [0.4, 0.5) is 0 Å². The van der Waals surface area contributed by atoms with E-state index in [4.69, 9.17) is 0 Å². The zero-order valence-electron chi connectivity index (χ0n) is 12.0. The van der Waals surface area contributed by atoms with Gasteiger partial charge in [-0.3, -0.25) is 4.98 Å². The van der Waals surface area contributed by atoms with Gasteiger partial charge in [-0.05, 0) is 50.0 Å². The molecule has 0 spiro atoms. The Labute approximate surface area is 124 Å². The Balaban J connectivity index is 1.67. The normalized spacial score (nSPS) is 19.2. The molecule has 2 aromatic rings. The fourth-order valence-electron chi connectivity index (χ4n) is 2.88. The molecule has 2 aromatic heterocycles. The lowest BCUT2D eigenvalue weighted by Gasteiger charge is -2.25. The van der Waals surface area contributed by atoms with Crippen molar-refractivity contribution in [3.63, 3.8) is 0 Å². The molecule has 0 amide bonds. The molecule has 3 nitrogen and oxygen atoms in total. The molecule has 3 rings (SSSR count). The van der Waals surface area contributed by atoms with Crippen molar-refractivity contribution < 1.29 is 0 Å². The molecule has 0 saturated carbocycles.